The Kier molecular flexibility index (Phi) is 9.04. The summed E-state index contributed by atoms with van der Waals surface area (Å²) in [4.78, 5) is 30.9. The predicted octanol–water partition coefficient (Wildman–Crippen LogP) is 9.36. The summed E-state index contributed by atoms with van der Waals surface area (Å²) >= 11 is 3.80. The first kappa shape index (κ1) is 32.3. The Morgan fingerprint density at radius 1 is 0.761 bits per heavy atom. The first-order valence-corrected chi connectivity index (χ1v) is 17.2. The summed E-state index contributed by atoms with van der Waals surface area (Å²) < 4.78 is 13.2. The topological polar surface area (TPSA) is 55.8 Å². The van der Waals surface area contributed by atoms with Crippen molar-refractivity contribution in [3.8, 4) is 11.5 Å². The molecule has 0 spiro atoms. The second-order valence-corrected chi connectivity index (χ2v) is 15.3. The molecule has 240 valence electrons. The Balaban J connectivity index is 1.49. The van der Waals surface area contributed by atoms with Crippen molar-refractivity contribution in [3.05, 3.63) is 116 Å². The van der Waals surface area contributed by atoms with Crippen LogP contribution in [0.15, 0.2) is 99.8 Å². The molecule has 3 aromatic carbocycles. The van der Waals surface area contributed by atoms with E-state index >= 15 is 0 Å². The number of ketones is 2. The van der Waals surface area contributed by atoms with Gasteiger partial charge < -0.3 is 14.4 Å². The summed E-state index contributed by atoms with van der Waals surface area (Å²) in [6.07, 6.45) is 3.30. The van der Waals surface area contributed by atoms with Crippen molar-refractivity contribution in [2.24, 2.45) is 10.8 Å². The van der Waals surface area contributed by atoms with Crippen molar-refractivity contribution < 1.29 is 19.1 Å². The number of carbonyl (C=O) groups is 2. The minimum Gasteiger partial charge on any atom is -0.490 e. The molecule has 3 aliphatic rings. The quantitative estimate of drug-likeness (QED) is 0.225. The van der Waals surface area contributed by atoms with E-state index in [2.05, 4.69) is 72.8 Å². The van der Waals surface area contributed by atoms with Crippen LogP contribution in [-0.4, -0.2) is 29.6 Å². The van der Waals surface area contributed by atoms with Gasteiger partial charge in [-0.1, -0.05) is 88.4 Å². The van der Waals surface area contributed by atoms with Crippen molar-refractivity contribution in [1.29, 1.82) is 0 Å². The van der Waals surface area contributed by atoms with Crippen LogP contribution in [0.4, 0.5) is 0 Å². The van der Waals surface area contributed by atoms with Crippen molar-refractivity contribution in [2.75, 3.05) is 13.2 Å². The van der Waals surface area contributed by atoms with Crippen LogP contribution < -0.4 is 9.47 Å². The number of ether oxygens (including phenoxy) is 2. The van der Waals surface area contributed by atoms with E-state index in [1.54, 1.807) is 0 Å². The Morgan fingerprint density at radius 2 is 1.30 bits per heavy atom. The molecule has 0 saturated heterocycles. The zero-order valence-corrected chi connectivity index (χ0v) is 29.2. The fourth-order valence-corrected chi connectivity index (χ4v) is 8.00. The zero-order valence-electron chi connectivity index (χ0n) is 27.6. The lowest BCUT2D eigenvalue weighted by molar-refractivity contribution is -0.119. The monoisotopic (exact) mass is 681 g/mol. The number of hydrogen-bond donors (Lipinski definition) is 0. The Hall–Kier alpha value is -3.64. The molecule has 0 bridgehead atoms. The molecule has 6 heteroatoms. The van der Waals surface area contributed by atoms with Crippen molar-refractivity contribution in [3.63, 3.8) is 0 Å². The van der Waals surface area contributed by atoms with Crippen LogP contribution in [0, 0.1) is 10.8 Å². The number of rotatable bonds is 9. The summed E-state index contributed by atoms with van der Waals surface area (Å²) in [7, 11) is 0. The highest BCUT2D eigenvalue weighted by Crippen LogP contribution is 2.55. The second kappa shape index (κ2) is 12.9. The highest BCUT2D eigenvalue weighted by molar-refractivity contribution is 9.10. The molecule has 0 radical (unpaired) electrons. The number of carbonyl (C=O) groups excluding carboxylic acids is 2. The standard InChI is InChI=1S/C40H44BrNO4/c1-6-45-34-20-28(19-29(41)38(34)46-25-27-15-11-8-12-16-27)35-36-30(21-39(2,3)23-32(36)43)42(18-17-26-13-9-7-10-14-26)31-22-40(4,5)24-33(44)37(31)35/h7-16,19-20,35H,6,17-18,21-25H2,1-5H3. The second-order valence-electron chi connectivity index (χ2n) is 14.5. The van der Waals surface area contributed by atoms with Gasteiger partial charge in [0.15, 0.2) is 23.1 Å². The third kappa shape index (κ3) is 6.60. The minimum atomic E-state index is -0.455. The number of nitrogens with zero attached hydrogens (tertiary/aromatic N) is 1. The van der Waals surface area contributed by atoms with E-state index in [1.807, 2.05) is 55.5 Å². The van der Waals surface area contributed by atoms with Crippen LogP contribution in [0.3, 0.4) is 0 Å². The lowest BCUT2D eigenvalue weighted by Crippen LogP contribution is -2.45. The van der Waals surface area contributed by atoms with E-state index in [1.165, 1.54) is 5.56 Å². The number of hydrogen-bond acceptors (Lipinski definition) is 5. The van der Waals surface area contributed by atoms with E-state index in [0.717, 1.165) is 63.9 Å². The van der Waals surface area contributed by atoms with E-state index in [0.29, 0.717) is 37.6 Å². The molecule has 5 nitrogen and oxygen atoms in total. The van der Waals surface area contributed by atoms with Gasteiger partial charge >= 0.3 is 0 Å². The number of Topliss-reactive ketones (excluding diaryl/α,β-unsaturated/α-hetero) is 2. The molecule has 3 aromatic rings. The van der Waals surface area contributed by atoms with Crippen molar-refractivity contribution in [1.82, 2.24) is 4.90 Å². The molecule has 0 unspecified atom stereocenters. The predicted molar refractivity (Wildman–Crippen MR) is 186 cm³/mol. The minimum absolute atomic E-state index is 0.128. The Morgan fingerprint density at radius 3 is 1.85 bits per heavy atom. The molecule has 0 fully saturated rings. The lowest BCUT2D eigenvalue weighted by atomic mass is 9.63. The molecule has 6 rings (SSSR count). The van der Waals surface area contributed by atoms with Crippen molar-refractivity contribution >= 4 is 27.5 Å². The molecule has 2 aliphatic carbocycles. The fourth-order valence-electron chi connectivity index (χ4n) is 7.42. The first-order chi connectivity index (χ1) is 22.0. The molecule has 1 heterocycles. The molecule has 0 aromatic heterocycles. The third-order valence-electron chi connectivity index (χ3n) is 9.38. The van der Waals surface area contributed by atoms with E-state index in [4.69, 9.17) is 9.47 Å². The van der Waals surface area contributed by atoms with Crippen LogP contribution >= 0.6 is 15.9 Å². The van der Waals surface area contributed by atoms with Crippen LogP contribution in [-0.2, 0) is 22.6 Å². The molecule has 46 heavy (non-hydrogen) atoms. The maximum Gasteiger partial charge on any atom is 0.175 e. The van der Waals surface area contributed by atoms with Gasteiger partial charge in [-0.2, -0.15) is 0 Å². The van der Waals surface area contributed by atoms with Crippen molar-refractivity contribution in [2.45, 2.75) is 79.2 Å². The summed E-state index contributed by atoms with van der Waals surface area (Å²) in [5.74, 6) is 1.02. The van der Waals surface area contributed by atoms with Gasteiger partial charge in [0.25, 0.3) is 0 Å². The molecule has 1 aliphatic heterocycles. The largest absolute Gasteiger partial charge is 0.490 e. The molecule has 0 atom stereocenters. The first-order valence-electron chi connectivity index (χ1n) is 16.4. The molecular formula is C40H44BrNO4. The maximum atomic E-state index is 14.3. The van der Waals surface area contributed by atoms with Gasteiger partial charge in [0, 0.05) is 47.8 Å². The highest BCUT2D eigenvalue weighted by atomic mass is 79.9. The summed E-state index contributed by atoms with van der Waals surface area (Å²) in [5, 5.41) is 0. The molecular weight excluding hydrogens is 638 g/mol. The average Bonchev–Trinajstić information content (AvgIpc) is 2.99. The Bertz CT molecular complexity index is 1650. The lowest BCUT2D eigenvalue weighted by Gasteiger charge is -2.49. The summed E-state index contributed by atoms with van der Waals surface area (Å²) in [6.45, 7) is 12.3. The van der Waals surface area contributed by atoms with Gasteiger partial charge in [0.05, 0.1) is 11.1 Å². The van der Waals surface area contributed by atoms with Crippen LogP contribution in [0.2, 0.25) is 0 Å². The van der Waals surface area contributed by atoms with Gasteiger partial charge in [-0.05, 0) is 81.8 Å². The molecule has 0 saturated carbocycles. The maximum absolute atomic E-state index is 14.3. The van der Waals surface area contributed by atoms with E-state index in [9.17, 15) is 9.59 Å². The SMILES string of the molecule is CCOc1cc(C2C3=C(CC(C)(C)CC3=O)N(CCc3ccccc3)C3=C2C(=O)CC(C)(C)C3)cc(Br)c1OCc1ccccc1. The number of halogens is 1. The van der Waals surface area contributed by atoms with Crippen LogP contribution in [0.1, 0.15) is 82.9 Å². The number of benzene rings is 3. The summed E-state index contributed by atoms with van der Waals surface area (Å²) in [6, 6.07) is 24.5. The fraction of sp³-hybridized carbons (Fsp3) is 0.400. The average molecular weight is 683 g/mol. The smallest absolute Gasteiger partial charge is 0.175 e. The van der Waals surface area contributed by atoms with Crippen LogP contribution in [0.25, 0.3) is 0 Å². The van der Waals surface area contributed by atoms with Crippen LogP contribution in [0.5, 0.6) is 11.5 Å². The van der Waals surface area contributed by atoms with E-state index < -0.39 is 5.92 Å². The van der Waals surface area contributed by atoms with Gasteiger partial charge in [-0.15, -0.1) is 0 Å². The van der Waals surface area contributed by atoms with Gasteiger partial charge in [0.1, 0.15) is 6.61 Å². The summed E-state index contributed by atoms with van der Waals surface area (Å²) in [5.41, 5.74) is 6.51. The number of allylic oxidation sites excluding steroid dienone is 4. The molecule has 0 N–H and O–H groups in total. The Labute approximate surface area is 281 Å². The normalized spacial score (nSPS) is 19.2. The third-order valence-corrected chi connectivity index (χ3v) is 9.97. The van der Waals surface area contributed by atoms with Gasteiger partial charge in [-0.3, -0.25) is 9.59 Å². The highest BCUT2D eigenvalue weighted by Gasteiger charge is 2.49. The van der Waals surface area contributed by atoms with E-state index in [-0.39, 0.29) is 22.4 Å². The van der Waals surface area contributed by atoms with Gasteiger partial charge in [-0.25, -0.2) is 0 Å². The molecule has 0 amide bonds. The van der Waals surface area contributed by atoms with Gasteiger partial charge in [0.2, 0.25) is 0 Å². The zero-order chi connectivity index (χ0) is 32.6.